The standard InChI is InChI=1S/C40H18O5/c1-3-19-7-11-29-37-33(19)25(5-1)42-27-13-9-21-15-23(17-31(44-29)35(21)39(27)37)41-24-16-22-10-14-28-40-36(22)32(18-24)45-30-12-8-20-4-2-6-26(43-28)34(20)38(30)40/h1-18H. The van der Waals surface area contributed by atoms with Crippen molar-refractivity contribution in [3.05, 3.63) is 109 Å². The second-order valence-electron chi connectivity index (χ2n) is 12.0. The smallest absolute Gasteiger partial charge is 0.139 e. The molecule has 4 aliphatic rings. The Hall–Kier alpha value is -6.20. The molecule has 0 saturated carbocycles. The fourth-order valence-corrected chi connectivity index (χ4v) is 7.81. The third-order valence-corrected chi connectivity index (χ3v) is 9.59. The predicted octanol–water partition coefficient (Wildman–Crippen LogP) is 12.2. The van der Waals surface area contributed by atoms with Crippen molar-refractivity contribution in [2.75, 3.05) is 0 Å². The molecule has 8 aromatic carbocycles. The van der Waals surface area contributed by atoms with Gasteiger partial charge in [0.25, 0.3) is 0 Å². The molecular weight excluding hydrogens is 560 g/mol. The van der Waals surface area contributed by atoms with Crippen molar-refractivity contribution >= 4 is 87.8 Å². The van der Waals surface area contributed by atoms with Crippen LogP contribution in [0.2, 0.25) is 0 Å². The topological polar surface area (TPSA) is 61.8 Å². The minimum Gasteiger partial charge on any atom is -0.457 e. The average Bonchev–Trinajstić information content (AvgIpc) is 3.07. The fraction of sp³-hybridized carbons (Fsp3) is 0. The molecule has 0 radical (unpaired) electrons. The molecule has 0 fully saturated rings. The van der Waals surface area contributed by atoms with E-state index in [0.29, 0.717) is 11.5 Å². The van der Waals surface area contributed by atoms with Gasteiger partial charge < -0.3 is 22.4 Å². The fourth-order valence-electron chi connectivity index (χ4n) is 7.81. The van der Waals surface area contributed by atoms with Gasteiger partial charge in [0.15, 0.2) is 0 Å². The van der Waals surface area contributed by atoms with Gasteiger partial charge in [-0.3, -0.25) is 0 Å². The predicted molar refractivity (Wildman–Crippen MR) is 178 cm³/mol. The van der Waals surface area contributed by atoms with Crippen molar-refractivity contribution in [3.63, 3.8) is 0 Å². The van der Waals surface area contributed by atoms with E-state index >= 15 is 0 Å². The minimum atomic E-state index is 0.679. The van der Waals surface area contributed by atoms with Crippen molar-refractivity contribution < 1.29 is 22.4 Å². The van der Waals surface area contributed by atoms with Crippen molar-refractivity contribution in [3.8, 4) is 33.8 Å². The summed E-state index contributed by atoms with van der Waals surface area (Å²) in [4.78, 5) is 0. The first-order chi connectivity index (χ1) is 22.2. The Balaban J connectivity index is 1.08. The number of hydrogen-bond acceptors (Lipinski definition) is 5. The summed E-state index contributed by atoms with van der Waals surface area (Å²) in [5, 5.41) is 8.54. The van der Waals surface area contributed by atoms with Crippen LogP contribution in [0.1, 0.15) is 0 Å². The molecule has 0 spiro atoms. The van der Waals surface area contributed by atoms with Gasteiger partial charge in [0.1, 0.15) is 56.2 Å². The van der Waals surface area contributed by atoms with E-state index in [1.54, 1.807) is 0 Å². The van der Waals surface area contributed by atoms with Crippen LogP contribution in [0.4, 0.5) is 0 Å². The van der Waals surface area contributed by atoms with Gasteiger partial charge in [0, 0.05) is 55.9 Å². The zero-order chi connectivity index (χ0) is 29.0. The molecule has 0 bridgehead atoms. The molecule has 8 aromatic rings. The lowest BCUT2D eigenvalue weighted by atomic mass is 9.90. The van der Waals surface area contributed by atoms with E-state index in [1.165, 1.54) is 0 Å². The summed E-state index contributed by atoms with van der Waals surface area (Å²) >= 11 is 0. The van der Waals surface area contributed by atoms with Crippen LogP contribution in [-0.4, -0.2) is 0 Å². The lowest BCUT2D eigenvalue weighted by Crippen LogP contribution is -1.96. The molecule has 208 valence electrons. The van der Waals surface area contributed by atoms with Crippen LogP contribution in [0.5, 0.6) is 11.5 Å². The van der Waals surface area contributed by atoms with Crippen LogP contribution >= 0.6 is 0 Å². The number of ether oxygens (including phenoxy) is 1. The number of benzene rings is 8. The Bertz CT molecular complexity index is 2860. The monoisotopic (exact) mass is 578 g/mol. The van der Waals surface area contributed by atoms with Gasteiger partial charge >= 0.3 is 0 Å². The van der Waals surface area contributed by atoms with E-state index in [1.807, 2.05) is 60.7 Å². The van der Waals surface area contributed by atoms with E-state index in [0.717, 1.165) is 110 Å². The Labute approximate surface area is 252 Å². The summed E-state index contributed by atoms with van der Waals surface area (Å²) in [5.74, 6) is 1.36. The number of hydrogen-bond donors (Lipinski definition) is 0. The third kappa shape index (κ3) is 2.71. The highest BCUT2D eigenvalue weighted by molar-refractivity contribution is 6.25. The lowest BCUT2D eigenvalue weighted by Gasteiger charge is -2.20. The van der Waals surface area contributed by atoms with Crippen LogP contribution < -0.4 is 4.74 Å². The summed E-state index contributed by atoms with van der Waals surface area (Å²) in [6.45, 7) is 0. The van der Waals surface area contributed by atoms with Crippen molar-refractivity contribution in [1.82, 2.24) is 0 Å². The van der Waals surface area contributed by atoms with Crippen LogP contribution in [-0.2, 0) is 0 Å². The molecule has 45 heavy (non-hydrogen) atoms. The van der Waals surface area contributed by atoms with Gasteiger partial charge in [0.05, 0.1) is 0 Å². The third-order valence-electron chi connectivity index (χ3n) is 9.59. The first-order valence-corrected chi connectivity index (χ1v) is 15.0. The molecule has 0 unspecified atom stereocenters. The summed E-state index contributed by atoms with van der Waals surface area (Å²) in [6, 6.07) is 36.9. The first kappa shape index (κ1) is 22.4. The molecule has 0 aliphatic carbocycles. The molecule has 5 nitrogen and oxygen atoms in total. The second-order valence-corrected chi connectivity index (χ2v) is 12.0. The number of rotatable bonds is 2. The van der Waals surface area contributed by atoms with Crippen LogP contribution in [0, 0.1) is 0 Å². The zero-order valence-corrected chi connectivity index (χ0v) is 23.4. The maximum atomic E-state index is 6.59. The van der Waals surface area contributed by atoms with Crippen molar-refractivity contribution in [2.24, 2.45) is 0 Å². The van der Waals surface area contributed by atoms with E-state index in [9.17, 15) is 0 Å². The molecule has 0 N–H and O–H groups in total. The van der Waals surface area contributed by atoms with E-state index in [4.69, 9.17) is 22.4 Å². The lowest BCUT2D eigenvalue weighted by molar-refractivity contribution is 0.482. The maximum absolute atomic E-state index is 6.59. The van der Waals surface area contributed by atoms with Crippen LogP contribution in [0.15, 0.2) is 127 Å². The van der Waals surface area contributed by atoms with Gasteiger partial charge in [-0.05, 0) is 70.1 Å². The Morgan fingerprint density at radius 3 is 1.13 bits per heavy atom. The molecule has 0 aromatic heterocycles. The normalized spacial score (nSPS) is 12.9. The Morgan fingerprint density at radius 2 is 0.689 bits per heavy atom. The van der Waals surface area contributed by atoms with Crippen molar-refractivity contribution in [2.45, 2.75) is 0 Å². The van der Waals surface area contributed by atoms with E-state index < -0.39 is 0 Å². The molecule has 0 amide bonds. The van der Waals surface area contributed by atoms with Crippen LogP contribution in [0.3, 0.4) is 0 Å². The maximum Gasteiger partial charge on any atom is 0.139 e. The molecule has 0 atom stereocenters. The van der Waals surface area contributed by atoms with E-state index in [-0.39, 0.29) is 0 Å². The second kappa shape index (κ2) is 7.47. The highest BCUT2D eigenvalue weighted by Crippen LogP contribution is 2.51. The molecule has 4 heterocycles. The average molecular weight is 579 g/mol. The first-order valence-electron chi connectivity index (χ1n) is 15.0. The molecular formula is C40H18O5. The van der Waals surface area contributed by atoms with Gasteiger partial charge in [-0.1, -0.05) is 48.5 Å². The van der Waals surface area contributed by atoms with Gasteiger partial charge in [-0.25, -0.2) is 0 Å². The summed E-state index contributed by atoms with van der Waals surface area (Å²) < 4.78 is 32.5. The highest BCUT2D eigenvalue weighted by atomic mass is 16.5. The van der Waals surface area contributed by atoms with Gasteiger partial charge in [-0.15, -0.1) is 0 Å². The molecule has 5 heteroatoms. The van der Waals surface area contributed by atoms with Crippen molar-refractivity contribution in [1.29, 1.82) is 0 Å². The Morgan fingerprint density at radius 1 is 0.311 bits per heavy atom. The SMILES string of the molecule is c1cc2ccc3oc4cc(Oc5cc6ccc7oc8cccc9ccc%10oc(c5)c6c7-c%10c98)cc5ccc6oc(c1)c2c3-c6c54. The molecule has 0 saturated heterocycles. The molecule has 12 rings (SSSR count). The minimum absolute atomic E-state index is 0.679. The molecule has 4 aliphatic heterocycles. The van der Waals surface area contributed by atoms with Gasteiger partial charge in [-0.2, -0.15) is 0 Å². The van der Waals surface area contributed by atoms with E-state index in [2.05, 4.69) is 48.5 Å². The largest absolute Gasteiger partial charge is 0.457 e. The summed E-state index contributed by atoms with van der Waals surface area (Å²) in [5.41, 5.74) is 10.9. The van der Waals surface area contributed by atoms with Gasteiger partial charge in [0.2, 0.25) is 0 Å². The zero-order valence-electron chi connectivity index (χ0n) is 23.4. The highest BCUT2D eigenvalue weighted by Gasteiger charge is 2.26. The summed E-state index contributed by atoms with van der Waals surface area (Å²) in [6.07, 6.45) is 0. The quantitative estimate of drug-likeness (QED) is 0.151. The summed E-state index contributed by atoms with van der Waals surface area (Å²) in [7, 11) is 0. The van der Waals surface area contributed by atoms with Crippen LogP contribution in [0.25, 0.3) is 110 Å². The Kier molecular flexibility index (Phi) is 3.71.